The maximum absolute atomic E-state index is 12.1. The zero-order valence-electron chi connectivity index (χ0n) is 20.5. The molecule has 3 heterocycles. The Kier molecular flexibility index (Phi) is 7.07. The number of fused-ring (bicyclic) bond motifs is 2. The molecule has 6 rings (SSSR count). The molecule has 5 aromatic rings. The molecule has 0 aliphatic carbocycles. The molecule has 0 unspecified atom stereocenters. The van der Waals surface area contributed by atoms with Crippen LogP contribution in [0.4, 0.5) is 5.69 Å². The van der Waals surface area contributed by atoms with Gasteiger partial charge in [-0.15, -0.1) is 0 Å². The van der Waals surface area contributed by atoms with Gasteiger partial charge in [-0.3, -0.25) is 9.11 Å². The molecule has 0 atom stereocenters. The van der Waals surface area contributed by atoms with Gasteiger partial charge < -0.3 is 4.90 Å². The molecule has 40 heavy (non-hydrogen) atoms. The van der Waals surface area contributed by atoms with Crippen molar-refractivity contribution in [3.63, 3.8) is 0 Å². The summed E-state index contributed by atoms with van der Waals surface area (Å²) in [5, 5.41) is 4.94. The zero-order chi connectivity index (χ0) is 28.1. The molecule has 2 N–H and O–H groups in total. The van der Waals surface area contributed by atoms with E-state index < -0.39 is 32.0 Å². The van der Waals surface area contributed by atoms with E-state index >= 15 is 0 Å². The van der Waals surface area contributed by atoms with Gasteiger partial charge in [0.05, 0.1) is 16.8 Å². The molecule has 0 amide bonds. The lowest BCUT2D eigenvalue weighted by atomic mass is 10.1. The van der Waals surface area contributed by atoms with Crippen molar-refractivity contribution in [3.05, 3.63) is 93.6 Å². The van der Waals surface area contributed by atoms with Crippen molar-refractivity contribution in [1.29, 1.82) is 0 Å². The number of thiazole rings is 1. The van der Waals surface area contributed by atoms with Crippen LogP contribution in [-0.4, -0.2) is 31.8 Å². The maximum atomic E-state index is 12.1. The Morgan fingerprint density at radius 3 is 2.27 bits per heavy atom. The number of hydrogen-bond acceptors (Lipinski definition) is 8. The van der Waals surface area contributed by atoms with Gasteiger partial charge in [-0.2, -0.15) is 32.7 Å². The molecule has 1 aliphatic heterocycles. The molecule has 0 fully saturated rings. The number of nitrogens with zero attached hydrogens (tertiary/aromatic N) is 2. The molecule has 2 aromatic heterocycles. The Bertz CT molecular complexity index is 1980. The van der Waals surface area contributed by atoms with Gasteiger partial charge in [0, 0.05) is 11.0 Å². The quantitative estimate of drug-likeness (QED) is 0.162. The molecule has 0 saturated heterocycles. The Hall–Kier alpha value is -3.04. The molecule has 0 spiro atoms. The topological polar surface area (TPSA) is 116 Å². The lowest BCUT2D eigenvalue weighted by molar-refractivity contribution is -0.649. The van der Waals surface area contributed by atoms with Crippen LogP contribution in [0.1, 0.15) is 5.01 Å². The van der Waals surface area contributed by atoms with E-state index in [1.807, 2.05) is 83.6 Å². The van der Waals surface area contributed by atoms with Crippen molar-refractivity contribution in [2.75, 3.05) is 10.8 Å². The normalized spacial score (nSPS) is 14.8. The van der Waals surface area contributed by atoms with Crippen LogP contribution in [0, 0.1) is 0 Å². The predicted molar refractivity (Wildman–Crippen MR) is 161 cm³/mol. The van der Waals surface area contributed by atoms with Gasteiger partial charge in [0.2, 0.25) is 5.52 Å². The second kappa shape index (κ2) is 10.4. The van der Waals surface area contributed by atoms with E-state index in [0.717, 1.165) is 31.8 Å². The number of hydrogen-bond donors (Lipinski definition) is 2. The number of thiophene rings is 1. The standard InChI is InChI=1S/C27H20N2O6S5/c30-39(31,32)16-28-22-12-19(18-4-2-1-3-5-18)6-8-24(22)37-26(28)14-27-29(17-40(33,34)35)23-13-20(7-9-25(23)38-27)21-10-11-36-15-21/h1-15H,16-17H2,(H-,30,31,32,33,34,35)/p+1. The first-order valence-corrected chi connectivity index (χ1v) is 17.6. The van der Waals surface area contributed by atoms with E-state index in [1.165, 1.54) is 32.6 Å². The Morgan fingerprint density at radius 1 is 0.825 bits per heavy atom. The third-order valence-electron chi connectivity index (χ3n) is 6.25. The first kappa shape index (κ1) is 27.1. The molecular formula is C27H21N2O6S5+. The number of benzene rings is 3. The lowest BCUT2D eigenvalue weighted by Gasteiger charge is -2.18. The van der Waals surface area contributed by atoms with Crippen LogP contribution in [0.5, 0.6) is 0 Å². The van der Waals surface area contributed by atoms with Crippen LogP contribution in [0.3, 0.4) is 0 Å². The van der Waals surface area contributed by atoms with Crippen LogP contribution in [0.25, 0.3) is 38.5 Å². The summed E-state index contributed by atoms with van der Waals surface area (Å²) in [6.07, 6.45) is 1.69. The van der Waals surface area contributed by atoms with Crippen LogP contribution in [-0.2, 0) is 26.1 Å². The summed E-state index contributed by atoms with van der Waals surface area (Å²) >= 11 is 4.18. The van der Waals surface area contributed by atoms with Crippen molar-refractivity contribution < 1.29 is 30.5 Å². The summed E-state index contributed by atoms with van der Waals surface area (Å²) in [6, 6.07) is 23.0. The molecule has 0 radical (unpaired) electrons. The van der Waals surface area contributed by atoms with Crippen LogP contribution in [0.15, 0.2) is 93.5 Å². The molecular weight excluding hydrogens is 609 g/mol. The van der Waals surface area contributed by atoms with E-state index in [2.05, 4.69) is 0 Å². The summed E-state index contributed by atoms with van der Waals surface area (Å²) in [5.74, 6) is -1.35. The van der Waals surface area contributed by atoms with Crippen molar-refractivity contribution in [2.45, 2.75) is 10.8 Å². The van der Waals surface area contributed by atoms with Crippen molar-refractivity contribution >= 4 is 76.7 Å². The predicted octanol–water partition coefficient (Wildman–Crippen LogP) is 6.19. The molecule has 204 valence electrons. The first-order chi connectivity index (χ1) is 19.0. The van der Waals surface area contributed by atoms with Gasteiger partial charge in [-0.05, 0) is 57.3 Å². The average Bonchev–Trinajstić information content (AvgIpc) is 3.62. The van der Waals surface area contributed by atoms with Crippen molar-refractivity contribution in [1.82, 2.24) is 0 Å². The minimum absolute atomic E-state index is 0.492. The van der Waals surface area contributed by atoms with Crippen LogP contribution >= 0.6 is 34.4 Å². The molecule has 3 aromatic carbocycles. The van der Waals surface area contributed by atoms with E-state index in [4.69, 9.17) is 0 Å². The monoisotopic (exact) mass is 629 g/mol. The smallest absolute Gasteiger partial charge is 0.317 e. The summed E-state index contributed by atoms with van der Waals surface area (Å²) in [7, 11) is -8.82. The van der Waals surface area contributed by atoms with Crippen molar-refractivity contribution in [3.8, 4) is 22.3 Å². The van der Waals surface area contributed by atoms with Gasteiger partial charge in [0.25, 0.3) is 21.0 Å². The summed E-state index contributed by atoms with van der Waals surface area (Å²) < 4.78 is 70.1. The Labute approximate surface area is 243 Å². The molecule has 0 saturated carbocycles. The van der Waals surface area contributed by atoms with Gasteiger partial charge in [-0.1, -0.05) is 65.6 Å². The lowest BCUT2D eigenvalue weighted by Crippen LogP contribution is -2.39. The first-order valence-electron chi connectivity index (χ1n) is 11.8. The SMILES string of the molecule is O=S(=O)(O)CN1C(=Cc2sc3ccc(-c4ccsc4)cc3[n+]2CS(=O)(=O)O)Sc2ccc(-c3ccccc3)cc21. The third-order valence-corrected chi connectivity index (χ3v) is 10.3. The molecule has 1 aliphatic rings. The fourth-order valence-electron chi connectivity index (χ4n) is 4.53. The number of rotatable bonds is 7. The number of anilines is 1. The van der Waals surface area contributed by atoms with Gasteiger partial charge >= 0.3 is 10.1 Å². The fraction of sp³-hybridized carbons (Fsp3) is 0.0741. The highest BCUT2D eigenvalue weighted by Gasteiger charge is 2.32. The minimum atomic E-state index is -4.41. The van der Waals surface area contributed by atoms with E-state index in [0.29, 0.717) is 21.2 Å². The molecule has 13 heteroatoms. The highest BCUT2D eigenvalue weighted by Crippen LogP contribution is 2.48. The van der Waals surface area contributed by atoms with Crippen LogP contribution < -0.4 is 9.47 Å². The summed E-state index contributed by atoms with van der Waals surface area (Å²) in [5.41, 5.74) is 4.96. The highest BCUT2D eigenvalue weighted by molar-refractivity contribution is 8.04. The molecule has 8 nitrogen and oxygen atoms in total. The molecule has 0 bridgehead atoms. The third kappa shape index (κ3) is 5.72. The van der Waals surface area contributed by atoms with E-state index in [9.17, 15) is 25.9 Å². The largest absolute Gasteiger partial charge is 0.326 e. The Morgan fingerprint density at radius 2 is 1.57 bits per heavy atom. The fourth-order valence-corrected chi connectivity index (χ4v) is 8.80. The average molecular weight is 630 g/mol. The minimum Gasteiger partial charge on any atom is -0.317 e. The highest BCUT2D eigenvalue weighted by atomic mass is 32.2. The number of aromatic nitrogens is 1. The Balaban J connectivity index is 1.49. The van der Waals surface area contributed by atoms with Crippen LogP contribution in [0.2, 0.25) is 0 Å². The van der Waals surface area contributed by atoms with Crippen molar-refractivity contribution in [2.24, 2.45) is 0 Å². The number of thioether (sulfide) groups is 1. The van der Waals surface area contributed by atoms with Gasteiger partial charge in [0.1, 0.15) is 4.70 Å². The summed E-state index contributed by atoms with van der Waals surface area (Å²) in [6.45, 7) is 0. The second-order valence-corrected chi connectivity index (χ2v) is 14.8. The maximum Gasteiger partial charge on any atom is 0.326 e. The van der Waals surface area contributed by atoms with Gasteiger partial charge in [0.15, 0.2) is 5.88 Å². The second-order valence-electron chi connectivity index (χ2n) is 9.05. The van der Waals surface area contributed by atoms with E-state index in [1.54, 1.807) is 17.4 Å². The summed E-state index contributed by atoms with van der Waals surface area (Å²) in [4.78, 5) is 2.29. The van der Waals surface area contributed by atoms with E-state index in [-0.39, 0.29) is 0 Å². The zero-order valence-corrected chi connectivity index (χ0v) is 24.6. The van der Waals surface area contributed by atoms with Gasteiger partial charge in [-0.25, -0.2) is 0 Å².